The third kappa shape index (κ3) is 4.10. The number of thiazole rings is 1. The molecular formula is C19H21ClN4O2S2. The summed E-state index contributed by atoms with van der Waals surface area (Å²) in [5, 5.41) is 6.49. The van der Waals surface area contributed by atoms with Gasteiger partial charge in [0.25, 0.3) is 5.91 Å². The molecule has 3 heterocycles. The predicted molar refractivity (Wildman–Crippen MR) is 116 cm³/mol. The molecule has 1 saturated heterocycles. The molecule has 0 saturated carbocycles. The van der Waals surface area contributed by atoms with Gasteiger partial charge < -0.3 is 15.0 Å². The van der Waals surface area contributed by atoms with Crippen LogP contribution in [0, 0.1) is 0 Å². The van der Waals surface area contributed by atoms with Crippen LogP contribution in [0.4, 0.5) is 5.13 Å². The van der Waals surface area contributed by atoms with E-state index in [0.717, 1.165) is 52.9 Å². The highest BCUT2D eigenvalue weighted by atomic mass is 35.5. The summed E-state index contributed by atoms with van der Waals surface area (Å²) in [5.74, 6) is 0.650. The van der Waals surface area contributed by atoms with Gasteiger partial charge in [0.15, 0.2) is 10.9 Å². The van der Waals surface area contributed by atoms with Gasteiger partial charge in [-0.3, -0.25) is 9.69 Å². The Morgan fingerprint density at radius 3 is 2.82 bits per heavy atom. The number of aromatic nitrogens is 1. The van der Waals surface area contributed by atoms with Gasteiger partial charge in [-0.05, 0) is 23.6 Å². The maximum atomic E-state index is 12.0. The Kier molecular flexibility index (Phi) is 6.01. The Balaban J connectivity index is 1.30. The lowest BCUT2D eigenvalue weighted by Crippen LogP contribution is -2.48. The monoisotopic (exact) mass is 436 g/mol. The van der Waals surface area contributed by atoms with Crippen molar-refractivity contribution in [2.75, 3.05) is 51.3 Å². The van der Waals surface area contributed by atoms with E-state index in [4.69, 9.17) is 21.3 Å². The Morgan fingerprint density at radius 2 is 2.11 bits per heavy atom. The summed E-state index contributed by atoms with van der Waals surface area (Å²) >= 11 is 9.34. The van der Waals surface area contributed by atoms with Crippen molar-refractivity contribution in [2.45, 2.75) is 0 Å². The van der Waals surface area contributed by atoms with E-state index in [9.17, 15) is 4.79 Å². The lowest BCUT2D eigenvalue weighted by molar-refractivity contribution is 0.0952. The molecule has 1 fully saturated rings. The lowest BCUT2D eigenvalue weighted by Gasteiger charge is -2.34. The number of methoxy groups -OCH3 is 1. The first-order chi connectivity index (χ1) is 13.7. The number of ether oxygens (including phenoxy) is 1. The number of halogens is 1. The molecule has 2 aromatic heterocycles. The van der Waals surface area contributed by atoms with E-state index in [-0.39, 0.29) is 5.91 Å². The van der Waals surface area contributed by atoms with E-state index >= 15 is 0 Å². The molecule has 28 heavy (non-hydrogen) atoms. The Morgan fingerprint density at radius 1 is 1.29 bits per heavy atom. The highest BCUT2D eigenvalue weighted by Gasteiger charge is 2.21. The Labute approximate surface area is 176 Å². The first kappa shape index (κ1) is 19.4. The maximum absolute atomic E-state index is 12.0. The Bertz CT molecular complexity index is 952. The van der Waals surface area contributed by atoms with E-state index in [0.29, 0.717) is 17.3 Å². The first-order valence-electron chi connectivity index (χ1n) is 9.08. The summed E-state index contributed by atoms with van der Waals surface area (Å²) in [6, 6.07) is 7.59. The van der Waals surface area contributed by atoms with Gasteiger partial charge in [0.2, 0.25) is 0 Å². The van der Waals surface area contributed by atoms with Gasteiger partial charge in [0.05, 0.1) is 21.7 Å². The molecule has 1 aromatic carbocycles. The van der Waals surface area contributed by atoms with Gasteiger partial charge >= 0.3 is 0 Å². The fourth-order valence-electron chi connectivity index (χ4n) is 3.25. The van der Waals surface area contributed by atoms with E-state index in [1.807, 2.05) is 29.6 Å². The van der Waals surface area contributed by atoms with Gasteiger partial charge in [-0.1, -0.05) is 29.0 Å². The third-order valence-corrected chi connectivity index (χ3v) is 7.01. The van der Waals surface area contributed by atoms with E-state index in [1.54, 1.807) is 18.4 Å². The summed E-state index contributed by atoms with van der Waals surface area (Å²) in [6.07, 6.45) is 0. The molecule has 148 valence electrons. The van der Waals surface area contributed by atoms with Crippen molar-refractivity contribution in [1.29, 1.82) is 0 Å². The van der Waals surface area contributed by atoms with Crippen molar-refractivity contribution in [2.24, 2.45) is 0 Å². The maximum Gasteiger partial charge on any atom is 0.261 e. The van der Waals surface area contributed by atoms with Crippen LogP contribution in [0.3, 0.4) is 0 Å². The summed E-state index contributed by atoms with van der Waals surface area (Å²) < 4.78 is 6.50. The van der Waals surface area contributed by atoms with Crippen molar-refractivity contribution in [1.82, 2.24) is 15.2 Å². The number of hydrogen-bond acceptors (Lipinski definition) is 7. The molecule has 0 aliphatic carbocycles. The molecule has 1 aliphatic rings. The van der Waals surface area contributed by atoms with Crippen LogP contribution in [0.25, 0.3) is 10.2 Å². The van der Waals surface area contributed by atoms with Crippen LogP contribution in [0.15, 0.2) is 29.6 Å². The van der Waals surface area contributed by atoms with Crippen LogP contribution in [0.5, 0.6) is 5.75 Å². The van der Waals surface area contributed by atoms with Gasteiger partial charge in [-0.25, -0.2) is 4.98 Å². The number of hydrogen-bond donors (Lipinski definition) is 1. The standard InChI is InChI=1S/C19H21ClN4O2S2/c1-26-17-13(20)4-5-14-16(17)22-19(28-14)24-10-8-23(9-11-24)7-6-21-18(25)15-3-2-12-27-15/h2-5,12H,6-11H2,1H3,(H,21,25). The first-order valence-corrected chi connectivity index (χ1v) is 11.1. The minimum atomic E-state index is 0.00993. The number of nitrogens with zero attached hydrogens (tertiary/aromatic N) is 3. The molecule has 0 atom stereocenters. The summed E-state index contributed by atoms with van der Waals surface area (Å²) in [5.41, 5.74) is 0.828. The number of anilines is 1. The van der Waals surface area contributed by atoms with Crippen LogP contribution in [-0.4, -0.2) is 62.2 Å². The van der Waals surface area contributed by atoms with Crippen molar-refractivity contribution in [3.8, 4) is 5.75 Å². The van der Waals surface area contributed by atoms with Crippen LogP contribution in [0.1, 0.15) is 9.67 Å². The fraction of sp³-hybridized carbons (Fsp3) is 0.368. The number of rotatable bonds is 6. The van der Waals surface area contributed by atoms with Crippen LogP contribution in [-0.2, 0) is 0 Å². The van der Waals surface area contributed by atoms with Crippen LogP contribution in [0.2, 0.25) is 5.02 Å². The van der Waals surface area contributed by atoms with E-state index in [1.165, 1.54) is 11.3 Å². The molecule has 0 spiro atoms. The minimum Gasteiger partial charge on any atom is -0.493 e. The second-order valence-electron chi connectivity index (χ2n) is 6.49. The summed E-state index contributed by atoms with van der Waals surface area (Å²) in [7, 11) is 1.62. The van der Waals surface area contributed by atoms with Gasteiger partial charge in [0.1, 0.15) is 5.52 Å². The molecule has 1 amide bonds. The van der Waals surface area contributed by atoms with E-state index < -0.39 is 0 Å². The van der Waals surface area contributed by atoms with Crippen molar-refractivity contribution < 1.29 is 9.53 Å². The zero-order chi connectivity index (χ0) is 19.5. The number of benzene rings is 1. The van der Waals surface area contributed by atoms with Gasteiger partial charge in [0, 0.05) is 39.3 Å². The number of fused-ring (bicyclic) bond motifs is 1. The number of carbonyl (C=O) groups is 1. The van der Waals surface area contributed by atoms with E-state index in [2.05, 4.69) is 15.1 Å². The van der Waals surface area contributed by atoms with Crippen molar-refractivity contribution >= 4 is 55.5 Å². The third-order valence-electron chi connectivity index (χ3n) is 4.76. The molecule has 0 unspecified atom stereocenters. The predicted octanol–water partition coefficient (Wildman–Crippen LogP) is 3.57. The molecular weight excluding hydrogens is 416 g/mol. The number of carbonyl (C=O) groups excluding carboxylic acids is 1. The van der Waals surface area contributed by atoms with Crippen LogP contribution < -0.4 is 15.0 Å². The highest BCUT2D eigenvalue weighted by molar-refractivity contribution is 7.22. The molecule has 9 heteroatoms. The summed E-state index contributed by atoms with van der Waals surface area (Å²) in [4.78, 5) is 22.2. The average Bonchev–Trinajstić information content (AvgIpc) is 3.38. The average molecular weight is 437 g/mol. The zero-order valence-electron chi connectivity index (χ0n) is 15.5. The second kappa shape index (κ2) is 8.65. The summed E-state index contributed by atoms with van der Waals surface area (Å²) in [6.45, 7) is 5.23. The zero-order valence-corrected chi connectivity index (χ0v) is 17.9. The number of piperazine rings is 1. The second-order valence-corrected chi connectivity index (χ2v) is 8.85. The normalized spacial score (nSPS) is 15.1. The van der Waals surface area contributed by atoms with Gasteiger partial charge in [-0.15, -0.1) is 11.3 Å². The largest absolute Gasteiger partial charge is 0.493 e. The van der Waals surface area contributed by atoms with Crippen molar-refractivity contribution in [3.05, 3.63) is 39.5 Å². The minimum absolute atomic E-state index is 0.00993. The van der Waals surface area contributed by atoms with Gasteiger partial charge in [-0.2, -0.15) is 0 Å². The molecule has 0 bridgehead atoms. The quantitative estimate of drug-likeness (QED) is 0.640. The molecule has 1 N–H and O–H groups in total. The lowest BCUT2D eigenvalue weighted by atomic mass is 10.3. The highest BCUT2D eigenvalue weighted by Crippen LogP contribution is 2.38. The molecule has 6 nitrogen and oxygen atoms in total. The Hall–Kier alpha value is -1.87. The van der Waals surface area contributed by atoms with Crippen molar-refractivity contribution in [3.63, 3.8) is 0 Å². The topological polar surface area (TPSA) is 57.7 Å². The smallest absolute Gasteiger partial charge is 0.261 e. The molecule has 3 aromatic rings. The molecule has 1 aliphatic heterocycles. The fourth-order valence-corrected chi connectivity index (χ4v) is 5.13. The molecule has 0 radical (unpaired) electrons. The molecule has 4 rings (SSSR count). The SMILES string of the molecule is COc1c(Cl)ccc2sc(N3CCN(CCNC(=O)c4cccs4)CC3)nc12. The number of amides is 1. The van der Waals surface area contributed by atoms with Crippen LogP contribution >= 0.6 is 34.3 Å². The number of thiophene rings is 1. The number of nitrogens with one attached hydrogen (secondary N) is 1.